The maximum absolute atomic E-state index is 5.74. The Morgan fingerprint density at radius 1 is 1.64 bits per heavy atom. The maximum atomic E-state index is 5.74. The predicted molar refractivity (Wildman–Crippen MR) is 61.6 cm³/mol. The molecule has 14 heavy (non-hydrogen) atoms. The first-order valence-electron chi connectivity index (χ1n) is 4.39. The van der Waals surface area contributed by atoms with Gasteiger partial charge >= 0.3 is 0 Å². The number of aromatic nitrogens is 1. The summed E-state index contributed by atoms with van der Waals surface area (Å²) in [6, 6.07) is 3.37. The van der Waals surface area contributed by atoms with Crippen LogP contribution in [0.1, 0.15) is 13.3 Å². The highest BCUT2D eigenvalue weighted by Gasteiger charge is 1.97. The highest BCUT2D eigenvalue weighted by Crippen LogP contribution is 2.15. The minimum absolute atomic E-state index is 0.405. The minimum atomic E-state index is 0.405. The second-order valence-electron chi connectivity index (χ2n) is 3.24. The van der Waals surface area contributed by atoms with Gasteiger partial charge < -0.3 is 11.1 Å². The average molecular weight is 212 g/mol. The zero-order valence-electron chi connectivity index (χ0n) is 8.18. The first kappa shape index (κ1) is 10.9. The number of nitrogens with one attached hydrogen (secondary N) is 1. The van der Waals surface area contributed by atoms with E-state index in [-0.39, 0.29) is 0 Å². The zero-order chi connectivity index (χ0) is 10.6. The lowest BCUT2D eigenvalue weighted by atomic mass is 10.2. The molecule has 0 saturated heterocycles. The van der Waals surface area contributed by atoms with Gasteiger partial charge in [0.2, 0.25) is 0 Å². The van der Waals surface area contributed by atoms with Gasteiger partial charge in [0.05, 0.1) is 0 Å². The van der Waals surface area contributed by atoms with E-state index in [4.69, 9.17) is 17.3 Å². The van der Waals surface area contributed by atoms with E-state index in [0.717, 1.165) is 18.5 Å². The molecule has 0 radical (unpaired) electrons. The van der Waals surface area contributed by atoms with E-state index >= 15 is 0 Å². The summed E-state index contributed by atoms with van der Waals surface area (Å²) >= 11 is 5.74. The summed E-state index contributed by atoms with van der Waals surface area (Å²) in [6.07, 6.45) is 0.911. The van der Waals surface area contributed by atoms with E-state index in [2.05, 4.69) is 16.9 Å². The van der Waals surface area contributed by atoms with Gasteiger partial charge in [0.15, 0.2) is 0 Å². The van der Waals surface area contributed by atoms with Crippen LogP contribution in [0.3, 0.4) is 0 Å². The lowest BCUT2D eigenvalue weighted by molar-refractivity contribution is 0.991. The van der Waals surface area contributed by atoms with Gasteiger partial charge in [0, 0.05) is 18.3 Å². The van der Waals surface area contributed by atoms with E-state index in [1.54, 1.807) is 12.1 Å². The Labute approximate surface area is 89.0 Å². The normalized spacial score (nSPS) is 9.86. The van der Waals surface area contributed by atoms with Crippen LogP contribution in [0.4, 0.5) is 11.5 Å². The summed E-state index contributed by atoms with van der Waals surface area (Å²) in [4.78, 5) is 4.08. The van der Waals surface area contributed by atoms with Crippen molar-refractivity contribution in [2.24, 2.45) is 0 Å². The first-order valence-corrected chi connectivity index (χ1v) is 4.77. The Balaban J connectivity index is 2.54. The Morgan fingerprint density at radius 3 is 2.93 bits per heavy atom. The van der Waals surface area contributed by atoms with Crippen LogP contribution < -0.4 is 11.1 Å². The van der Waals surface area contributed by atoms with Crippen LogP contribution in [0.15, 0.2) is 24.3 Å². The third kappa shape index (κ3) is 3.66. The van der Waals surface area contributed by atoms with Crippen molar-refractivity contribution >= 4 is 23.1 Å². The number of pyridine rings is 1. The second-order valence-corrected chi connectivity index (χ2v) is 3.63. The Bertz CT molecular complexity index is 316. The number of hydrogen-bond donors (Lipinski definition) is 2. The molecular weight excluding hydrogens is 198 g/mol. The van der Waals surface area contributed by atoms with Gasteiger partial charge in [0.1, 0.15) is 11.0 Å². The monoisotopic (exact) mass is 211 g/mol. The number of hydrogen-bond acceptors (Lipinski definition) is 3. The number of anilines is 2. The molecule has 76 valence electrons. The lowest BCUT2D eigenvalue weighted by Gasteiger charge is -2.06. The molecule has 0 aliphatic rings. The van der Waals surface area contributed by atoms with Crippen LogP contribution in [0.25, 0.3) is 0 Å². The quantitative estimate of drug-likeness (QED) is 0.595. The number of nitrogens with two attached hydrogens (primary N) is 1. The Morgan fingerprint density at radius 2 is 2.36 bits per heavy atom. The zero-order valence-corrected chi connectivity index (χ0v) is 8.93. The van der Waals surface area contributed by atoms with Crippen LogP contribution in [0.2, 0.25) is 5.15 Å². The van der Waals surface area contributed by atoms with Gasteiger partial charge in [-0.2, -0.15) is 0 Å². The summed E-state index contributed by atoms with van der Waals surface area (Å²) in [5, 5.41) is 3.53. The van der Waals surface area contributed by atoms with Gasteiger partial charge in [0.25, 0.3) is 0 Å². The third-order valence-corrected chi connectivity index (χ3v) is 1.87. The van der Waals surface area contributed by atoms with E-state index in [0.29, 0.717) is 16.7 Å². The van der Waals surface area contributed by atoms with Gasteiger partial charge in [-0.25, -0.2) is 4.98 Å². The van der Waals surface area contributed by atoms with E-state index in [9.17, 15) is 0 Å². The molecule has 4 heteroatoms. The van der Waals surface area contributed by atoms with Crippen molar-refractivity contribution in [1.82, 2.24) is 4.98 Å². The molecule has 1 aromatic heterocycles. The molecular formula is C10H14ClN3. The van der Waals surface area contributed by atoms with Gasteiger partial charge in [-0.05, 0) is 19.4 Å². The highest BCUT2D eigenvalue weighted by atomic mass is 35.5. The standard InChI is InChI=1S/C10H14ClN3/c1-7(2)3-4-13-10-6-8(12)5-9(11)14-10/h5-6H,1,3-4H2,2H3,(H3,12,13,14). The Hall–Kier alpha value is -1.22. The molecule has 1 aromatic rings. The molecule has 0 aromatic carbocycles. The first-order chi connectivity index (χ1) is 6.58. The van der Waals surface area contributed by atoms with Crippen molar-refractivity contribution in [2.45, 2.75) is 13.3 Å². The SMILES string of the molecule is C=C(C)CCNc1cc(N)cc(Cl)n1. The molecule has 0 bridgehead atoms. The van der Waals surface area contributed by atoms with Crippen molar-refractivity contribution in [3.63, 3.8) is 0 Å². The van der Waals surface area contributed by atoms with Crippen LogP contribution in [-0.4, -0.2) is 11.5 Å². The fraction of sp³-hybridized carbons (Fsp3) is 0.300. The molecule has 0 aliphatic carbocycles. The molecule has 0 unspecified atom stereocenters. The average Bonchev–Trinajstić information content (AvgIpc) is 2.01. The minimum Gasteiger partial charge on any atom is -0.399 e. The molecule has 1 heterocycles. The second kappa shape index (κ2) is 4.86. The fourth-order valence-corrected chi connectivity index (χ4v) is 1.23. The van der Waals surface area contributed by atoms with Gasteiger partial charge in [-0.15, -0.1) is 6.58 Å². The van der Waals surface area contributed by atoms with Crippen molar-refractivity contribution in [1.29, 1.82) is 0 Å². The summed E-state index contributed by atoms with van der Waals surface area (Å²) in [5.74, 6) is 0.705. The Kier molecular flexibility index (Phi) is 3.77. The molecule has 0 fully saturated rings. The number of nitrogens with zero attached hydrogens (tertiary/aromatic N) is 1. The van der Waals surface area contributed by atoms with Gasteiger partial charge in [-0.1, -0.05) is 17.2 Å². The van der Waals surface area contributed by atoms with E-state index in [1.165, 1.54) is 0 Å². The van der Waals surface area contributed by atoms with Crippen molar-refractivity contribution in [3.05, 3.63) is 29.4 Å². The summed E-state index contributed by atoms with van der Waals surface area (Å²) in [6.45, 7) is 6.59. The summed E-state index contributed by atoms with van der Waals surface area (Å²) < 4.78 is 0. The molecule has 0 amide bonds. The lowest BCUT2D eigenvalue weighted by Crippen LogP contribution is -2.04. The topological polar surface area (TPSA) is 50.9 Å². The van der Waals surface area contributed by atoms with Crippen molar-refractivity contribution in [3.8, 4) is 0 Å². The maximum Gasteiger partial charge on any atom is 0.133 e. The number of rotatable bonds is 4. The number of halogens is 1. The molecule has 0 aliphatic heterocycles. The van der Waals surface area contributed by atoms with E-state index in [1.807, 2.05) is 6.92 Å². The molecule has 1 rings (SSSR count). The van der Waals surface area contributed by atoms with Crippen molar-refractivity contribution < 1.29 is 0 Å². The van der Waals surface area contributed by atoms with Gasteiger partial charge in [-0.3, -0.25) is 0 Å². The predicted octanol–water partition coefficient (Wildman–Crippen LogP) is 2.70. The third-order valence-electron chi connectivity index (χ3n) is 1.67. The van der Waals surface area contributed by atoms with Crippen LogP contribution in [0, 0.1) is 0 Å². The van der Waals surface area contributed by atoms with Crippen LogP contribution >= 0.6 is 11.6 Å². The van der Waals surface area contributed by atoms with Crippen molar-refractivity contribution in [2.75, 3.05) is 17.6 Å². The summed E-state index contributed by atoms with van der Waals surface area (Å²) in [5.41, 5.74) is 7.35. The fourth-order valence-electron chi connectivity index (χ4n) is 1.01. The highest BCUT2D eigenvalue weighted by molar-refractivity contribution is 6.29. The summed E-state index contributed by atoms with van der Waals surface area (Å²) in [7, 11) is 0. The van der Waals surface area contributed by atoms with Crippen LogP contribution in [-0.2, 0) is 0 Å². The molecule has 0 spiro atoms. The van der Waals surface area contributed by atoms with E-state index < -0.39 is 0 Å². The molecule has 0 saturated carbocycles. The molecule has 3 nitrogen and oxygen atoms in total. The largest absolute Gasteiger partial charge is 0.399 e. The molecule has 3 N–H and O–H groups in total. The van der Waals surface area contributed by atoms with Crippen LogP contribution in [0.5, 0.6) is 0 Å². The smallest absolute Gasteiger partial charge is 0.133 e. The molecule has 0 atom stereocenters. The number of nitrogen functional groups attached to an aromatic ring is 1.